The fraction of sp³-hybridized carbons (Fsp3) is 0.385. The van der Waals surface area contributed by atoms with Gasteiger partial charge in [-0.05, 0) is 18.6 Å². The highest BCUT2D eigenvalue weighted by Gasteiger charge is 2.15. The lowest BCUT2D eigenvalue weighted by atomic mass is 10.2. The van der Waals surface area contributed by atoms with E-state index in [0.717, 1.165) is 0 Å². The van der Waals surface area contributed by atoms with E-state index in [1.165, 1.54) is 19.4 Å². The normalized spacial score (nSPS) is 12.3. The van der Waals surface area contributed by atoms with Gasteiger partial charge in [0.2, 0.25) is 5.76 Å². The molecule has 2 heterocycles. The van der Waals surface area contributed by atoms with Gasteiger partial charge in [-0.25, -0.2) is 0 Å². The van der Waals surface area contributed by atoms with E-state index in [0.29, 0.717) is 24.5 Å². The van der Waals surface area contributed by atoms with Gasteiger partial charge in [-0.3, -0.25) is 4.79 Å². The number of aromatic nitrogens is 1. The van der Waals surface area contributed by atoms with E-state index < -0.39 is 6.10 Å². The third-order valence-corrected chi connectivity index (χ3v) is 2.63. The van der Waals surface area contributed by atoms with Crippen molar-refractivity contribution in [1.82, 2.24) is 10.5 Å². The maximum Gasteiger partial charge on any atom is 0.273 e. The first-order chi connectivity index (χ1) is 9.70. The summed E-state index contributed by atoms with van der Waals surface area (Å²) in [4.78, 5) is 11.8. The number of aliphatic hydroxyl groups is 1. The average molecular weight is 280 g/mol. The largest absolute Gasteiger partial charge is 0.461 e. The highest BCUT2D eigenvalue weighted by molar-refractivity contribution is 5.92. The fourth-order valence-electron chi connectivity index (χ4n) is 1.64. The van der Waals surface area contributed by atoms with Crippen molar-refractivity contribution in [2.24, 2.45) is 0 Å². The minimum atomic E-state index is -0.601. The number of carbonyl (C=O) groups is 1. The second kappa shape index (κ2) is 6.88. The third kappa shape index (κ3) is 3.69. The summed E-state index contributed by atoms with van der Waals surface area (Å²) in [7, 11) is 1.51. The second-order valence-electron chi connectivity index (χ2n) is 4.21. The molecule has 0 aliphatic heterocycles. The molecule has 7 nitrogen and oxygen atoms in total. The van der Waals surface area contributed by atoms with Crippen LogP contribution in [0.25, 0.3) is 11.5 Å². The number of furan rings is 1. The van der Waals surface area contributed by atoms with Crippen molar-refractivity contribution in [2.45, 2.75) is 12.5 Å². The van der Waals surface area contributed by atoms with E-state index in [2.05, 4.69) is 10.5 Å². The number of rotatable bonds is 7. The predicted octanol–water partition coefficient (Wildman–Crippen LogP) is 1.06. The van der Waals surface area contributed by atoms with E-state index in [9.17, 15) is 9.90 Å². The van der Waals surface area contributed by atoms with Crippen molar-refractivity contribution in [3.63, 3.8) is 0 Å². The molecular formula is C13H16N2O5. The molecule has 2 aromatic rings. The van der Waals surface area contributed by atoms with Gasteiger partial charge in [0.1, 0.15) is 0 Å². The average Bonchev–Trinajstić information content (AvgIpc) is 3.10. The number of nitrogens with zero attached hydrogens (tertiary/aromatic N) is 1. The summed E-state index contributed by atoms with van der Waals surface area (Å²) < 4.78 is 15.0. The Labute approximate surface area is 115 Å². The molecule has 20 heavy (non-hydrogen) atoms. The molecule has 2 N–H and O–H groups in total. The van der Waals surface area contributed by atoms with Crippen LogP contribution < -0.4 is 5.32 Å². The number of carbonyl (C=O) groups excluding carboxylic acids is 1. The number of methoxy groups -OCH3 is 1. The number of ether oxygens (including phenoxy) is 1. The summed E-state index contributed by atoms with van der Waals surface area (Å²) in [5, 5.41) is 15.8. The van der Waals surface area contributed by atoms with Crippen molar-refractivity contribution >= 4 is 5.91 Å². The minimum absolute atomic E-state index is 0.164. The number of nitrogens with one attached hydrogen (secondary N) is 1. The van der Waals surface area contributed by atoms with Gasteiger partial charge in [0.05, 0.1) is 19.0 Å². The molecule has 1 amide bonds. The van der Waals surface area contributed by atoms with E-state index in [1.807, 2.05) is 0 Å². The molecule has 2 aromatic heterocycles. The van der Waals surface area contributed by atoms with Crippen molar-refractivity contribution in [3.05, 3.63) is 30.2 Å². The SMILES string of the molecule is COCC(O)CCNC(=O)c1cc(-c2ccco2)on1. The number of hydrogen-bond acceptors (Lipinski definition) is 6. The van der Waals surface area contributed by atoms with Gasteiger partial charge in [0.25, 0.3) is 5.91 Å². The molecule has 0 radical (unpaired) electrons. The zero-order valence-electron chi connectivity index (χ0n) is 11.0. The van der Waals surface area contributed by atoms with Crippen LogP contribution in [-0.4, -0.2) is 42.5 Å². The first kappa shape index (κ1) is 14.3. The van der Waals surface area contributed by atoms with E-state index in [4.69, 9.17) is 13.7 Å². The van der Waals surface area contributed by atoms with Gasteiger partial charge >= 0.3 is 0 Å². The molecule has 0 saturated carbocycles. The fourth-order valence-corrected chi connectivity index (χ4v) is 1.64. The Morgan fingerprint density at radius 2 is 2.40 bits per heavy atom. The van der Waals surface area contributed by atoms with Gasteiger partial charge in [0.15, 0.2) is 11.5 Å². The molecule has 0 saturated heterocycles. The summed E-state index contributed by atoms with van der Waals surface area (Å²) >= 11 is 0. The molecule has 2 rings (SSSR count). The molecule has 0 spiro atoms. The Kier molecular flexibility index (Phi) is 4.91. The molecule has 0 aliphatic carbocycles. The topological polar surface area (TPSA) is 97.7 Å². The predicted molar refractivity (Wildman–Crippen MR) is 69.0 cm³/mol. The summed E-state index contributed by atoms with van der Waals surface area (Å²) in [6, 6.07) is 4.93. The molecule has 7 heteroatoms. The van der Waals surface area contributed by atoms with Crippen LogP contribution in [-0.2, 0) is 4.74 Å². The molecule has 108 valence electrons. The number of amides is 1. The van der Waals surface area contributed by atoms with Crippen LogP contribution in [0.4, 0.5) is 0 Å². The standard InChI is InChI=1S/C13H16N2O5/c1-18-8-9(16)4-5-14-13(17)10-7-12(20-15-10)11-3-2-6-19-11/h2-3,6-7,9,16H,4-5,8H2,1H3,(H,14,17). The lowest BCUT2D eigenvalue weighted by molar-refractivity contribution is 0.0587. The van der Waals surface area contributed by atoms with Gasteiger partial charge in [-0.2, -0.15) is 0 Å². The minimum Gasteiger partial charge on any atom is -0.461 e. The second-order valence-corrected chi connectivity index (χ2v) is 4.21. The van der Waals surface area contributed by atoms with Gasteiger partial charge in [-0.15, -0.1) is 0 Å². The highest BCUT2D eigenvalue weighted by atomic mass is 16.5. The quantitative estimate of drug-likeness (QED) is 0.787. The van der Waals surface area contributed by atoms with Crippen LogP contribution in [0.2, 0.25) is 0 Å². The lowest BCUT2D eigenvalue weighted by Crippen LogP contribution is -2.28. The van der Waals surface area contributed by atoms with Crippen LogP contribution >= 0.6 is 0 Å². The Hall–Kier alpha value is -2.12. The summed E-state index contributed by atoms with van der Waals surface area (Å²) in [6.07, 6.45) is 1.31. The van der Waals surface area contributed by atoms with Gasteiger partial charge in [0, 0.05) is 19.7 Å². The van der Waals surface area contributed by atoms with Crippen LogP contribution in [0.15, 0.2) is 33.4 Å². The first-order valence-corrected chi connectivity index (χ1v) is 6.16. The Morgan fingerprint density at radius 3 is 3.10 bits per heavy atom. The Bertz CT molecular complexity index is 535. The van der Waals surface area contributed by atoms with Crippen molar-refractivity contribution in [3.8, 4) is 11.5 Å². The highest BCUT2D eigenvalue weighted by Crippen LogP contribution is 2.20. The summed E-state index contributed by atoms with van der Waals surface area (Å²) in [5.74, 6) is 0.530. The van der Waals surface area contributed by atoms with Crippen molar-refractivity contribution in [1.29, 1.82) is 0 Å². The Morgan fingerprint density at radius 1 is 1.55 bits per heavy atom. The molecule has 0 aromatic carbocycles. The first-order valence-electron chi connectivity index (χ1n) is 6.16. The monoisotopic (exact) mass is 280 g/mol. The lowest BCUT2D eigenvalue weighted by Gasteiger charge is -2.08. The smallest absolute Gasteiger partial charge is 0.273 e. The molecule has 1 unspecified atom stereocenters. The summed E-state index contributed by atoms with van der Waals surface area (Å²) in [6.45, 7) is 0.564. The van der Waals surface area contributed by atoms with Gasteiger partial charge in [-0.1, -0.05) is 5.16 Å². The number of aliphatic hydroxyl groups excluding tert-OH is 1. The van der Waals surface area contributed by atoms with Crippen LogP contribution in [0, 0.1) is 0 Å². The van der Waals surface area contributed by atoms with Crippen LogP contribution in [0.5, 0.6) is 0 Å². The molecule has 0 bridgehead atoms. The maximum absolute atomic E-state index is 11.8. The van der Waals surface area contributed by atoms with Crippen molar-refractivity contribution < 1.29 is 23.6 Å². The van der Waals surface area contributed by atoms with Gasteiger partial charge < -0.3 is 24.1 Å². The molecule has 0 aliphatic rings. The Balaban J connectivity index is 1.84. The van der Waals surface area contributed by atoms with Crippen LogP contribution in [0.1, 0.15) is 16.9 Å². The molecule has 1 atom stereocenters. The van der Waals surface area contributed by atoms with E-state index in [1.54, 1.807) is 12.1 Å². The van der Waals surface area contributed by atoms with E-state index in [-0.39, 0.29) is 18.2 Å². The molecule has 0 fully saturated rings. The van der Waals surface area contributed by atoms with E-state index >= 15 is 0 Å². The summed E-state index contributed by atoms with van der Waals surface area (Å²) in [5.41, 5.74) is 0.164. The zero-order chi connectivity index (χ0) is 14.4. The zero-order valence-corrected chi connectivity index (χ0v) is 11.0. The number of hydrogen-bond donors (Lipinski definition) is 2. The maximum atomic E-state index is 11.8. The molecular weight excluding hydrogens is 264 g/mol. The van der Waals surface area contributed by atoms with Crippen molar-refractivity contribution in [2.75, 3.05) is 20.3 Å². The van der Waals surface area contributed by atoms with Crippen LogP contribution in [0.3, 0.4) is 0 Å². The third-order valence-electron chi connectivity index (χ3n) is 2.63.